The maximum absolute atomic E-state index is 11.3. The van der Waals surface area contributed by atoms with Gasteiger partial charge in [0.15, 0.2) is 0 Å². The first-order valence-electron chi connectivity index (χ1n) is 4.11. The fourth-order valence-electron chi connectivity index (χ4n) is 1.44. The van der Waals surface area contributed by atoms with E-state index in [0.29, 0.717) is 0 Å². The third-order valence-corrected chi connectivity index (χ3v) is 5.44. The van der Waals surface area contributed by atoms with Crippen molar-refractivity contribution < 1.29 is 8.42 Å². The van der Waals surface area contributed by atoms with Crippen LogP contribution in [-0.2, 0) is 10.0 Å². The molecule has 1 aromatic heterocycles. The first-order chi connectivity index (χ1) is 6.89. The zero-order valence-electron chi connectivity index (χ0n) is 7.82. The Bertz CT molecular complexity index is 631. The molecule has 0 aliphatic heterocycles. The largest absolute Gasteiger partial charge is 0.247 e. The highest BCUT2D eigenvalue weighted by atomic mass is 79.9. The second kappa shape index (κ2) is 3.55. The van der Waals surface area contributed by atoms with Crippen LogP contribution in [0, 0.1) is 6.92 Å². The Morgan fingerprint density at radius 1 is 1.40 bits per heavy atom. The number of hydrogen-bond donors (Lipinski definition) is 1. The Labute approximate surface area is 100 Å². The van der Waals surface area contributed by atoms with Gasteiger partial charge >= 0.3 is 0 Å². The van der Waals surface area contributed by atoms with Crippen molar-refractivity contribution in [2.75, 3.05) is 0 Å². The van der Waals surface area contributed by atoms with Crippen LogP contribution < -0.4 is 5.14 Å². The van der Waals surface area contributed by atoms with Crippen LogP contribution in [0.5, 0.6) is 0 Å². The van der Waals surface area contributed by atoms with Crippen molar-refractivity contribution in [1.82, 2.24) is 0 Å². The molecule has 0 saturated heterocycles. The average molecular weight is 306 g/mol. The number of benzene rings is 1. The molecule has 1 heterocycles. The molecule has 0 aliphatic rings. The minimum Gasteiger partial charge on any atom is -0.224 e. The van der Waals surface area contributed by atoms with Crippen molar-refractivity contribution in [3.8, 4) is 0 Å². The Morgan fingerprint density at radius 3 is 2.67 bits per heavy atom. The van der Waals surface area contributed by atoms with E-state index in [1.165, 1.54) is 11.3 Å². The molecule has 15 heavy (non-hydrogen) atoms. The molecule has 3 nitrogen and oxygen atoms in total. The SMILES string of the molecule is Cc1c(S(N)(=O)=O)sc2ccc(Br)cc12. The van der Waals surface area contributed by atoms with E-state index in [9.17, 15) is 8.42 Å². The molecule has 0 unspecified atom stereocenters. The van der Waals surface area contributed by atoms with Gasteiger partial charge in [0.2, 0.25) is 10.0 Å². The number of thiophene rings is 1. The van der Waals surface area contributed by atoms with Gasteiger partial charge in [-0.15, -0.1) is 11.3 Å². The third-order valence-electron chi connectivity index (χ3n) is 2.11. The van der Waals surface area contributed by atoms with Gasteiger partial charge in [0.1, 0.15) is 4.21 Å². The molecule has 0 aliphatic carbocycles. The summed E-state index contributed by atoms with van der Waals surface area (Å²) in [7, 11) is -3.60. The van der Waals surface area contributed by atoms with Gasteiger partial charge in [-0.2, -0.15) is 0 Å². The van der Waals surface area contributed by atoms with Crippen molar-refractivity contribution in [2.45, 2.75) is 11.1 Å². The van der Waals surface area contributed by atoms with Crippen LogP contribution in [0.15, 0.2) is 26.9 Å². The minimum absolute atomic E-state index is 0.246. The maximum atomic E-state index is 11.3. The molecule has 2 rings (SSSR count). The van der Waals surface area contributed by atoms with E-state index < -0.39 is 10.0 Å². The summed E-state index contributed by atoms with van der Waals surface area (Å²) >= 11 is 4.56. The standard InChI is InChI=1S/C9H8BrNO2S2/c1-5-7-4-6(10)2-3-8(7)14-9(5)15(11,12)13/h2-4H,1H3,(H2,11,12,13). The lowest BCUT2D eigenvalue weighted by molar-refractivity contribution is 0.599. The Hall–Kier alpha value is -0.430. The normalized spacial score (nSPS) is 12.2. The van der Waals surface area contributed by atoms with E-state index in [1.54, 1.807) is 6.92 Å². The lowest BCUT2D eigenvalue weighted by Gasteiger charge is -1.94. The molecule has 2 aromatic rings. The number of nitrogens with two attached hydrogens (primary N) is 1. The third kappa shape index (κ3) is 1.94. The predicted octanol–water partition coefficient (Wildman–Crippen LogP) is 2.62. The second-order valence-electron chi connectivity index (χ2n) is 3.20. The van der Waals surface area contributed by atoms with Crippen molar-refractivity contribution in [3.63, 3.8) is 0 Å². The molecule has 0 spiro atoms. The Kier molecular flexibility index (Phi) is 2.62. The van der Waals surface area contributed by atoms with E-state index in [1.807, 2.05) is 18.2 Å². The summed E-state index contributed by atoms with van der Waals surface area (Å²) in [4.78, 5) is 0. The molecule has 0 fully saturated rings. The number of aryl methyl sites for hydroxylation is 1. The molecular formula is C9H8BrNO2S2. The van der Waals surface area contributed by atoms with Gasteiger partial charge in [-0.3, -0.25) is 0 Å². The smallest absolute Gasteiger partial charge is 0.224 e. The zero-order valence-corrected chi connectivity index (χ0v) is 11.0. The van der Waals surface area contributed by atoms with Crippen LogP contribution in [0.2, 0.25) is 0 Å². The first-order valence-corrected chi connectivity index (χ1v) is 7.26. The van der Waals surface area contributed by atoms with E-state index in [4.69, 9.17) is 5.14 Å². The summed E-state index contributed by atoms with van der Waals surface area (Å²) in [5, 5.41) is 6.06. The van der Waals surface area contributed by atoms with Crippen LogP contribution >= 0.6 is 27.3 Å². The van der Waals surface area contributed by atoms with Crippen LogP contribution in [-0.4, -0.2) is 8.42 Å². The molecular weight excluding hydrogens is 298 g/mol. The molecule has 80 valence electrons. The quantitative estimate of drug-likeness (QED) is 0.880. The Balaban J connectivity index is 2.87. The summed E-state index contributed by atoms with van der Waals surface area (Å²) in [6.07, 6.45) is 0. The van der Waals surface area contributed by atoms with Crippen LogP contribution in [0.25, 0.3) is 10.1 Å². The first kappa shape index (κ1) is 11.1. The summed E-state index contributed by atoms with van der Waals surface area (Å²) in [5.41, 5.74) is 0.721. The van der Waals surface area contributed by atoms with Gasteiger partial charge in [-0.1, -0.05) is 15.9 Å². The number of primary sulfonamides is 1. The molecule has 0 atom stereocenters. The molecule has 0 radical (unpaired) electrons. The maximum Gasteiger partial charge on any atom is 0.247 e. The number of hydrogen-bond acceptors (Lipinski definition) is 3. The van der Waals surface area contributed by atoms with Gasteiger partial charge < -0.3 is 0 Å². The van der Waals surface area contributed by atoms with Gasteiger partial charge in [0.25, 0.3) is 0 Å². The molecule has 6 heteroatoms. The molecule has 0 bridgehead atoms. The summed E-state index contributed by atoms with van der Waals surface area (Å²) in [6, 6.07) is 5.66. The van der Waals surface area contributed by atoms with E-state index >= 15 is 0 Å². The molecule has 1 aromatic carbocycles. The van der Waals surface area contributed by atoms with Crippen molar-refractivity contribution in [2.24, 2.45) is 5.14 Å². The lowest BCUT2D eigenvalue weighted by atomic mass is 10.2. The topological polar surface area (TPSA) is 60.2 Å². The summed E-state index contributed by atoms with van der Waals surface area (Å²) < 4.78 is 24.7. The zero-order chi connectivity index (χ0) is 11.2. The van der Waals surface area contributed by atoms with Crippen molar-refractivity contribution >= 4 is 47.4 Å². The van der Waals surface area contributed by atoms with E-state index in [0.717, 1.165) is 20.1 Å². The van der Waals surface area contributed by atoms with Crippen LogP contribution in [0.1, 0.15) is 5.56 Å². The summed E-state index contributed by atoms with van der Waals surface area (Å²) in [5.74, 6) is 0. The lowest BCUT2D eigenvalue weighted by Crippen LogP contribution is -2.11. The van der Waals surface area contributed by atoms with Crippen molar-refractivity contribution in [3.05, 3.63) is 28.2 Å². The monoisotopic (exact) mass is 305 g/mol. The average Bonchev–Trinajstić information content (AvgIpc) is 2.43. The van der Waals surface area contributed by atoms with Crippen LogP contribution in [0.4, 0.5) is 0 Å². The number of halogens is 1. The van der Waals surface area contributed by atoms with Crippen LogP contribution in [0.3, 0.4) is 0 Å². The molecule has 2 N–H and O–H groups in total. The van der Waals surface area contributed by atoms with Gasteiger partial charge in [-0.25, -0.2) is 13.6 Å². The van der Waals surface area contributed by atoms with Gasteiger partial charge in [0.05, 0.1) is 0 Å². The van der Waals surface area contributed by atoms with Gasteiger partial charge in [0, 0.05) is 9.17 Å². The second-order valence-corrected chi connectivity index (χ2v) is 6.92. The van der Waals surface area contributed by atoms with Gasteiger partial charge in [-0.05, 0) is 36.1 Å². The minimum atomic E-state index is -3.60. The summed E-state index contributed by atoms with van der Waals surface area (Å²) in [6.45, 7) is 1.77. The fraction of sp³-hybridized carbons (Fsp3) is 0.111. The molecule has 0 saturated carbocycles. The van der Waals surface area contributed by atoms with Crippen molar-refractivity contribution in [1.29, 1.82) is 0 Å². The van der Waals surface area contributed by atoms with E-state index in [-0.39, 0.29) is 4.21 Å². The predicted molar refractivity (Wildman–Crippen MR) is 65.6 cm³/mol. The number of rotatable bonds is 1. The molecule has 0 amide bonds. The highest BCUT2D eigenvalue weighted by Crippen LogP contribution is 2.34. The number of sulfonamides is 1. The Morgan fingerprint density at radius 2 is 2.07 bits per heavy atom. The van der Waals surface area contributed by atoms with E-state index in [2.05, 4.69) is 15.9 Å². The highest BCUT2D eigenvalue weighted by Gasteiger charge is 2.17. The highest BCUT2D eigenvalue weighted by molar-refractivity contribution is 9.10. The fourth-order valence-corrected chi connectivity index (χ4v) is 3.99. The number of fused-ring (bicyclic) bond motifs is 1.